The summed E-state index contributed by atoms with van der Waals surface area (Å²) in [6, 6.07) is 63.5. The molecule has 0 saturated carbocycles. The average Bonchev–Trinajstić information content (AvgIpc) is 3.96. The zero-order valence-electron chi connectivity index (χ0n) is 31.4. The first-order valence-corrected chi connectivity index (χ1v) is 20.3. The van der Waals surface area contributed by atoms with Gasteiger partial charge in [0.15, 0.2) is 0 Å². The van der Waals surface area contributed by atoms with E-state index in [9.17, 15) is 0 Å². The van der Waals surface area contributed by atoms with Gasteiger partial charge in [0.05, 0.1) is 32.6 Å². The number of fused-ring (bicyclic) bond motifs is 10. The lowest BCUT2D eigenvalue weighted by Crippen LogP contribution is -2.30. The Bertz CT molecular complexity index is 3390. The fraction of sp³-hybridized carbons (Fsp3) is 0.0577. The second-order valence-electron chi connectivity index (χ2n) is 15.6. The number of rotatable bonds is 4. The van der Waals surface area contributed by atoms with Crippen molar-refractivity contribution in [1.82, 2.24) is 9.55 Å². The molecule has 1 aliphatic heterocycles. The van der Waals surface area contributed by atoms with Gasteiger partial charge >= 0.3 is 0 Å². The topological polar surface area (TPSA) is 34.2 Å². The third kappa shape index (κ3) is 4.76. The van der Waals surface area contributed by atoms with Crippen molar-refractivity contribution in [3.05, 3.63) is 187 Å². The second-order valence-corrected chi connectivity index (χ2v) is 16.6. The van der Waals surface area contributed by atoms with E-state index in [1.165, 1.54) is 54.6 Å². The Morgan fingerprint density at radius 2 is 1.23 bits per heavy atom. The molecule has 0 spiro atoms. The lowest BCUT2D eigenvalue weighted by Gasteiger charge is -2.42. The van der Waals surface area contributed by atoms with E-state index >= 15 is 0 Å². The van der Waals surface area contributed by atoms with Crippen LogP contribution in [0.4, 0.5) is 17.1 Å². The van der Waals surface area contributed by atoms with E-state index in [-0.39, 0.29) is 5.41 Å². The summed E-state index contributed by atoms with van der Waals surface area (Å²) in [6.45, 7) is 4.72. The number of aromatic nitrogens is 2. The highest BCUT2D eigenvalue weighted by Crippen LogP contribution is 2.53. The molecule has 57 heavy (non-hydrogen) atoms. The molecule has 4 heterocycles. The third-order valence-electron chi connectivity index (χ3n) is 12.0. The maximum absolute atomic E-state index is 6.27. The molecule has 0 fully saturated rings. The fourth-order valence-electron chi connectivity index (χ4n) is 9.23. The number of anilines is 3. The summed E-state index contributed by atoms with van der Waals surface area (Å²) in [5, 5.41) is 5.68. The number of para-hydroxylation sites is 3. The van der Waals surface area contributed by atoms with Crippen LogP contribution in [0.25, 0.3) is 81.3 Å². The lowest BCUT2D eigenvalue weighted by atomic mass is 9.73. The summed E-state index contributed by atoms with van der Waals surface area (Å²) in [4.78, 5) is 7.59. The summed E-state index contributed by atoms with van der Waals surface area (Å²) >= 11 is 1.77. The molecule has 0 aliphatic carbocycles. The molecule has 270 valence electrons. The highest BCUT2D eigenvalue weighted by molar-refractivity contribution is 7.22. The highest BCUT2D eigenvalue weighted by Gasteiger charge is 2.37. The second kappa shape index (κ2) is 12.0. The maximum atomic E-state index is 6.27. The van der Waals surface area contributed by atoms with Crippen LogP contribution in [0.15, 0.2) is 180 Å². The first-order chi connectivity index (χ1) is 28.0. The van der Waals surface area contributed by atoms with Gasteiger partial charge in [-0.25, -0.2) is 4.98 Å². The minimum Gasteiger partial charge on any atom is -0.456 e. The van der Waals surface area contributed by atoms with Crippen LogP contribution >= 0.6 is 11.3 Å². The van der Waals surface area contributed by atoms with Crippen LogP contribution in [0, 0.1) is 0 Å². The molecule has 11 aromatic rings. The summed E-state index contributed by atoms with van der Waals surface area (Å²) in [6.07, 6.45) is 0. The number of thiazole rings is 1. The van der Waals surface area contributed by atoms with Crippen LogP contribution < -0.4 is 4.90 Å². The minimum absolute atomic E-state index is 0.197. The number of furan rings is 1. The standard InChI is InChI=1S/C52H35N3OS/c1-52(2)41-18-10-11-19-45(41)54(35-15-7-4-8-16-35)46-27-22-34(30-42(46)52)33-21-26-44-39(29-33)38-24-25-43-50(57-51(53-43)32-13-5-3-6-14-32)49(38)55(44)36-23-28-48-40(31-36)37-17-9-12-20-47(37)56-48/h3-31H,1-2H3. The van der Waals surface area contributed by atoms with Gasteiger partial charge in [0.2, 0.25) is 0 Å². The van der Waals surface area contributed by atoms with Gasteiger partial charge in [-0.15, -0.1) is 11.3 Å². The Morgan fingerprint density at radius 3 is 2.11 bits per heavy atom. The third-order valence-corrected chi connectivity index (χ3v) is 13.1. The molecule has 4 nitrogen and oxygen atoms in total. The molecule has 12 rings (SSSR count). The van der Waals surface area contributed by atoms with Gasteiger partial charge in [0, 0.05) is 43.9 Å². The van der Waals surface area contributed by atoms with Gasteiger partial charge in [-0.1, -0.05) is 111 Å². The van der Waals surface area contributed by atoms with Crippen LogP contribution in [0.3, 0.4) is 0 Å². The Morgan fingerprint density at radius 1 is 0.509 bits per heavy atom. The zero-order chi connectivity index (χ0) is 37.8. The van der Waals surface area contributed by atoms with Crippen molar-refractivity contribution in [3.63, 3.8) is 0 Å². The molecule has 0 saturated heterocycles. The normalized spacial score (nSPS) is 13.5. The van der Waals surface area contributed by atoms with Crippen molar-refractivity contribution < 1.29 is 4.42 Å². The fourth-order valence-corrected chi connectivity index (χ4v) is 10.3. The maximum Gasteiger partial charge on any atom is 0.135 e. The van der Waals surface area contributed by atoms with Crippen molar-refractivity contribution in [2.75, 3.05) is 4.90 Å². The molecule has 0 radical (unpaired) electrons. The van der Waals surface area contributed by atoms with Gasteiger partial charge in [-0.3, -0.25) is 0 Å². The molecule has 8 aromatic carbocycles. The molecule has 0 atom stereocenters. The largest absolute Gasteiger partial charge is 0.456 e. The number of hydrogen-bond acceptors (Lipinski definition) is 4. The molecule has 0 N–H and O–H groups in total. The van der Waals surface area contributed by atoms with E-state index < -0.39 is 0 Å². The van der Waals surface area contributed by atoms with Gasteiger partial charge in [0.1, 0.15) is 16.2 Å². The van der Waals surface area contributed by atoms with Crippen molar-refractivity contribution >= 4 is 82.4 Å². The molecule has 0 amide bonds. The molecule has 0 unspecified atom stereocenters. The van der Waals surface area contributed by atoms with Gasteiger partial charge in [-0.2, -0.15) is 0 Å². The van der Waals surface area contributed by atoms with E-state index in [2.05, 4.69) is 187 Å². The molecule has 0 bridgehead atoms. The quantitative estimate of drug-likeness (QED) is 0.180. The van der Waals surface area contributed by atoms with Crippen LogP contribution in [-0.4, -0.2) is 9.55 Å². The monoisotopic (exact) mass is 749 g/mol. The van der Waals surface area contributed by atoms with Gasteiger partial charge in [0.25, 0.3) is 0 Å². The lowest BCUT2D eigenvalue weighted by molar-refractivity contribution is 0.632. The summed E-state index contributed by atoms with van der Waals surface area (Å²) in [5.41, 5.74) is 15.8. The number of benzene rings is 8. The van der Waals surface area contributed by atoms with Gasteiger partial charge in [-0.05, 0) is 101 Å². The summed E-state index contributed by atoms with van der Waals surface area (Å²) in [5.74, 6) is 0. The molecule has 3 aromatic heterocycles. The molecule has 5 heteroatoms. The highest BCUT2D eigenvalue weighted by atomic mass is 32.1. The van der Waals surface area contributed by atoms with Crippen molar-refractivity contribution in [2.24, 2.45) is 0 Å². The Hall–Kier alpha value is -6.95. The van der Waals surface area contributed by atoms with Crippen molar-refractivity contribution in [1.29, 1.82) is 0 Å². The molecular weight excluding hydrogens is 715 g/mol. The van der Waals surface area contributed by atoms with Crippen LogP contribution in [0.1, 0.15) is 25.0 Å². The van der Waals surface area contributed by atoms with Gasteiger partial charge < -0.3 is 13.9 Å². The van der Waals surface area contributed by atoms with E-state index in [4.69, 9.17) is 9.40 Å². The Labute approximate surface area is 333 Å². The summed E-state index contributed by atoms with van der Waals surface area (Å²) in [7, 11) is 0. The SMILES string of the molecule is CC1(C)c2ccccc2N(c2ccccc2)c2ccc(-c3ccc4c(c3)c3ccc5nc(-c6ccccc6)sc5c3n4-c3ccc4oc5ccccc5c4c3)cc21. The van der Waals surface area contributed by atoms with E-state index in [1.807, 2.05) is 12.1 Å². The Kier molecular flexibility index (Phi) is 6.82. The number of hydrogen-bond donors (Lipinski definition) is 0. The number of nitrogens with zero attached hydrogens (tertiary/aromatic N) is 3. The van der Waals surface area contributed by atoms with Crippen molar-refractivity contribution in [2.45, 2.75) is 19.3 Å². The predicted octanol–water partition coefficient (Wildman–Crippen LogP) is 14.7. The van der Waals surface area contributed by atoms with E-state index in [1.54, 1.807) is 11.3 Å². The molecule has 1 aliphatic rings. The molecular formula is C52H35N3OS. The smallest absolute Gasteiger partial charge is 0.135 e. The Balaban J connectivity index is 1.09. The minimum atomic E-state index is -0.197. The van der Waals surface area contributed by atoms with Crippen LogP contribution in [0.5, 0.6) is 0 Å². The zero-order valence-corrected chi connectivity index (χ0v) is 32.2. The summed E-state index contributed by atoms with van der Waals surface area (Å²) < 4.78 is 9.89. The van der Waals surface area contributed by atoms with E-state index in [0.717, 1.165) is 54.9 Å². The van der Waals surface area contributed by atoms with Crippen molar-refractivity contribution in [3.8, 4) is 27.4 Å². The van der Waals surface area contributed by atoms with Crippen LogP contribution in [-0.2, 0) is 5.41 Å². The van der Waals surface area contributed by atoms with E-state index in [0.29, 0.717) is 0 Å². The first-order valence-electron chi connectivity index (χ1n) is 19.5. The predicted molar refractivity (Wildman–Crippen MR) is 239 cm³/mol. The van der Waals surface area contributed by atoms with Crippen LogP contribution in [0.2, 0.25) is 0 Å². The average molecular weight is 750 g/mol. The first kappa shape index (κ1) is 32.3.